The summed E-state index contributed by atoms with van der Waals surface area (Å²) in [5.74, 6) is 1.58. The molecule has 0 aliphatic heterocycles. The first-order chi connectivity index (χ1) is 12.3. The van der Waals surface area contributed by atoms with E-state index in [-0.39, 0.29) is 0 Å². The Kier molecular flexibility index (Phi) is 6.41. The predicted octanol–water partition coefficient (Wildman–Crippen LogP) is 5.22. The molecular formula is C22H22O2S. The lowest BCUT2D eigenvalue weighted by atomic mass is 10.2. The Bertz CT molecular complexity index is 709. The first-order valence-corrected chi connectivity index (χ1v) is 8.92. The van der Waals surface area contributed by atoms with E-state index in [1.165, 1.54) is 11.1 Å². The molecule has 3 aromatic carbocycles. The highest BCUT2D eigenvalue weighted by Crippen LogP contribution is 2.25. The maximum atomic E-state index is 5.87. The highest BCUT2D eigenvalue weighted by molar-refractivity contribution is 7.80. The van der Waals surface area contributed by atoms with Crippen molar-refractivity contribution in [2.45, 2.75) is 17.7 Å². The SMILES string of the molecule is Sc1cc(OCCc2ccccc2)cc(OCCc2ccccc2)c1. The molecule has 0 aliphatic rings. The summed E-state index contributed by atoms with van der Waals surface area (Å²) in [6.07, 6.45) is 1.75. The van der Waals surface area contributed by atoms with Crippen molar-refractivity contribution in [3.63, 3.8) is 0 Å². The highest BCUT2D eigenvalue weighted by atomic mass is 32.1. The van der Waals surface area contributed by atoms with Gasteiger partial charge in [0.05, 0.1) is 13.2 Å². The average molecular weight is 350 g/mol. The molecule has 0 bridgehead atoms. The molecule has 3 aromatic rings. The van der Waals surface area contributed by atoms with Crippen LogP contribution < -0.4 is 9.47 Å². The van der Waals surface area contributed by atoms with Gasteiger partial charge in [0, 0.05) is 23.8 Å². The number of benzene rings is 3. The third-order valence-corrected chi connectivity index (χ3v) is 4.13. The van der Waals surface area contributed by atoms with Gasteiger partial charge in [0.25, 0.3) is 0 Å². The van der Waals surface area contributed by atoms with Crippen LogP contribution in [-0.4, -0.2) is 13.2 Å². The number of ether oxygens (including phenoxy) is 2. The minimum atomic E-state index is 0.630. The van der Waals surface area contributed by atoms with Gasteiger partial charge in [-0.2, -0.15) is 0 Å². The molecule has 0 amide bonds. The zero-order valence-corrected chi connectivity index (χ0v) is 15.0. The maximum absolute atomic E-state index is 5.87. The summed E-state index contributed by atoms with van der Waals surface area (Å²) >= 11 is 4.45. The fourth-order valence-corrected chi connectivity index (χ4v) is 2.84. The molecule has 0 atom stereocenters. The first-order valence-electron chi connectivity index (χ1n) is 8.47. The van der Waals surface area contributed by atoms with Crippen LogP contribution in [0.5, 0.6) is 11.5 Å². The highest BCUT2D eigenvalue weighted by Gasteiger charge is 2.03. The monoisotopic (exact) mass is 350 g/mol. The van der Waals surface area contributed by atoms with Gasteiger partial charge >= 0.3 is 0 Å². The van der Waals surface area contributed by atoms with Crippen LogP contribution in [0.3, 0.4) is 0 Å². The maximum Gasteiger partial charge on any atom is 0.124 e. The summed E-state index contributed by atoms with van der Waals surface area (Å²) in [6.45, 7) is 1.26. The molecule has 2 nitrogen and oxygen atoms in total. The molecule has 25 heavy (non-hydrogen) atoms. The topological polar surface area (TPSA) is 18.5 Å². The number of thiol groups is 1. The minimum Gasteiger partial charge on any atom is -0.493 e. The van der Waals surface area contributed by atoms with Crippen molar-refractivity contribution in [2.75, 3.05) is 13.2 Å². The fraction of sp³-hybridized carbons (Fsp3) is 0.182. The Morgan fingerprint density at radius 3 is 1.48 bits per heavy atom. The molecule has 128 valence electrons. The van der Waals surface area contributed by atoms with Gasteiger partial charge in [-0.1, -0.05) is 60.7 Å². The summed E-state index contributed by atoms with van der Waals surface area (Å²) in [7, 11) is 0. The fourth-order valence-electron chi connectivity index (χ4n) is 2.59. The second kappa shape index (κ2) is 9.19. The molecule has 0 saturated carbocycles. The standard InChI is InChI=1S/C22H22O2S/c25-22-16-20(23-13-11-18-7-3-1-4-8-18)15-21(17-22)24-14-12-19-9-5-2-6-10-19/h1-10,15-17,25H,11-14H2. The molecule has 3 heteroatoms. The quantitative estimate of drug-likeness (QED) is 0.562. The van der Waals surface area contributed by atoms with Gasteiger partial charge in [0.1, 0.15) is 11.5 Å². The van der Waals surface area contributed by atoms with Crippen molar-refractivity contribution in [1.82, 2.24) is 0 Å². The number of rotatable bonds is 8. The first kappa shape index (κ1) is 17.4. The molecule has 0 aromatic heterocycles. The summed E-state index contributed by atoms with van der Waals surface area (Å²) in [5, 5.41) is 0. The van der Waals surface area contributed by atoms with E-state index in [4.69, 9.17) is 9.47 Å². The molecule has 0 spiro atoms. The van der Waals surface area contributed by atoms with Gasteiger partial charge in [0.2, 0.25) is 0 Å². The average Bonchev–Trinajstić information content (AvgIpc) is 2.63. The lowest BCUT2D eigenvalue weighted by molar-refractivity contribution is 0.304. The van der Waals surface area contributed by atoms with Crippen molar-refractivity contribution in [3.8, 4) is 11.5 Å². The zero-order chi connectivity index (χ0) is 17.3. The van der Waals surface area contributed by atoms with Crippen LogP contribution in [0, 0.1) is 0 Å². The largest absolute Gasteiger partial charge is 0.493 e. The van der Waals surface area contributed by atoms with Crippen LogP contribution >= 0.6 is 12.6 Å². The summed E-state index contributed by atoms with van der Waals surface area (Å²) in [6, 6.07) is 26.4. The molecule has 0 N–H and O–H groups in total. The Labute approximate surface area is 154 Å². The molecule has 3 rings (SSSR count). The second-order valence-corrected chi connectivity index (χ2v) is 6.35. The Morgan fingerprint density at radius 1 is 0.600 bits per heavy atom. The number of hydrogen-bond donors (Lipinski definition) is 1. The van der Waals surface area contributed by atoms with Crippen molar-refractivity contribution in [3.05, 3.63) is 90.0 Å². The van der Waals surface area contributed by atoms with Crippen LogP contribution in [0.25, 0.3) is 0 Å². The lowest BCUT2D eigenvalue weighted by Gasteiger charge is -2.11. The van der Waals surface area contributed by atoms with Crippen LogP contribution in [-0.2, 0) is 12.8 Å². The van der Waals surface area contributed by atoms with Crippen molar-refractivity contribution < 1.29 is 9.47 Å². The zero-order valence-electron chi connectivity index (χ0n) is 14.1. The van der Waals surface area contributed by atoms with Crippen molar-refractivity contribution in [1.29, 1.82) is 0 Å². The normalized spacial score (nSPS) is 10.4. The van der Waals surface area contributed by atoms with E-state index >= 15 is 0 Å². The van der Waals surface area contributed by atoms with E-state index in [2.05, 4.69) is 36.9 Å². The van der Waals surface area contributed by atoms with E-state index in [9.17, 15) is 0 Å². The van der Waals surface area contributed by atoms with E-state index in [0.717, 1.165) is 29.2 Å². The Hall–Kier alpha value is -2.39. The third-order valence-electron chi connectivity index (χ3n) is 3.87. The molecule has 0 aliphatic carbocycles. The Balaban J connectivity index is 1.51. The van der Waals surface area contributed by atoms with E-state index in [1.807, 2.05) is 54.6 Å². The van der Waals surface area contributed by atoms with Crippen molar-refractivity contribution in [2.24, 2.45) is 0 Å². The minimum absolute atomic E-state index is 0.630. The van der Waals surface area contributed by atoms with Crippen molar-refractivity contribution >= 4 is 12.6 Å². The molecule has 0 fully saturated rings. The van der Waals surface area contributed by atoms with E-state index < -0.39 is 0 Å². The van der Waals surface area contributed by atoms with Gasteiger partial charge in [-0.05, 0) is 23.3 Å². The molecule has 0 radical (unpaired) electrons. The predicted molar refractivity (Wildman–Crippen MR) is 105 cm³/mol. The summed E-state index contributed by atoms with van der Waals surface area (Å²) in [5.41, 5.74) is 2.53. The smallest absolute Gasteiger partial charge is 0.124 e. The molecular weight excluding hydrogens is 328 g/mol. The van der Waals surface area contributed by atoms with Crippen LogP contribution in [0.15, 0.2) is 83.8 Å². The van der Waals surface area contributed by atoms with Gasteiger partial charge < -0.3 is 9.47 Å². The van der Waals surface area contributed by atoms with E-state index in [1.54, 1.807) is 0 Å². The third kappa shape index (κ3) is 5.87. The van der Waals surface area contributed by atoms with Gasteiger partial charge in [0.15, 0.2) is 0 Å². The van der Waals surface area contributed by atoms with Crippen LogP contribution in [0.4, 0.5) is 0 Å². The Morgan fingerprint density at radius 2 is 1.04 bits per heavy atom. The van der Waals surface area contributed by atoms with Crippen LogP contribution in [0.2, 0.25) is 0 Å². The van der Waals surface area contributed by atoms with Gasteiger partial charge in [-0.3, -0.25) is 0 Å². The van der Waals surface area contributed by atoms with Gasteiger partial charge in [-0.15, -0.1) is 12.6 Å². The molecule has 0 saturated heterocycles. The second-order valence-electron chi connectivity index (χ2n) is 5.83. The summed E-state index contributed by atoms with van der Waals surface area (Å²) in [4.78, 5) is 0.840. The number of hydrogen-bond acceptors (Lipinski definition) is 3. The van der Waals surface area contributed by atoms with Gasteiger partial charge in [-0.25, -0.2) is 0 Å². The molecule has 0 unspecified atom stereocenters. The van der Waals surface area contributed by atoms with E-state index in [0.29, 0.717) is 13.2 Å². The van der Waals surface area contributed by atoms with Crippen LogP contribution in [0.1, 0.15) is 11.1 Å². The lowest BCUT2D eigenvalue weighted by Crippen LogP contribution is -2.03. The summed E-state index contributed by atoms with van der Waals surface area (Å²) < 4.78 is 11.7. The molecule has 0 heterocycles.